The van der Waals surface area contributed by atoms with Crippen LogP contribution in [-0.2, 0) is 14.8 Å². The number of hydrogen-bond acceptors (Lipinski definition) is 4. The van der Waals surface area contributed by atoms with Crippen molar-refractivity contribution in [2.45, 2.75) is 6.04 Å². The van der Waals surface area contributed by atoms with E-state index in [-0.39, 0.29) is 17.9 Å². The first-order valence-electron chi connectivity index (χ1n) is 3.86. The van der Waals surface area contributed by atoms with Gasteiger partial charge in [-0.25, -0.2) is 8.42 Å². The third kappa shape index (κ3) is 2.63. The van der Waals surface area contributed by atoms with Gasteiger partial charge in [-0.2, -0.15) is 4.31 Å². The standard InChI is InChI=1S/C6H12BrNO4S/c7-5-13(10,11)8-1-2-12-4-6(8)3-9/h6,9H,1-5H2. The quantitative estimate of drug-likeness (QED) is 0.695. The van der Waals surface area contributed by atoms with E-state index in [1.165, 1.54) is 4.31 Å². The molecule has 0 amide bonds. The van der Waals surface area contributed by atoms with Crippen molar-refractivity contribution in [2.24, 2.45) is 0 Å². The van der Waals surface area contributed by atoms with E-state index in [1.807, 2.05) is 0 Å². The lowest BCUT2D eigenvalue weighted by Crippen LogP contribution is -2.50. The largest absolute Gasteiger partial charge is 0.395 e. The Morgan fingerprint density at radius 1 is 1.62 bits per heavy atom. The van der Waals surface area contributed by atoms with Crippen molar-refractivity contribution in [3.63, 3.8) is 0 Å². The molecule has 1 rings (SSSR count). The maximum Gasteiger partial charge on any atom is 0.224 e. The van der Waals surface area contributed by atoms with Crippen molar-refractivity contribution in [3.8, 4) is 0 Å². The summed E-state index contributed by atoms with van der Waals surface area (Å²) in [4.78, 5) is 0. The molecule has 1 fully saturated rings. The van der Waals surface area contributed by atoms with E-state index in [0.717, 1.165) is 0 Å². The summed E-state index contributed by atoms with van der Waals surface area (Å²) in [5, 5.41) is 8.92. The van der Waals surface area contributed by atoms with Gasteiger partial charge >= 0.3 is 0 Å². The number of sulfonamides is 1. The van der Waals surface area contributed by atoms with E-state index in [1.54, 1.807) is 0 Å². The molecule has 0 aliphatic carbocycles. The van der Waals surface area contributed by atoms with E-state index in [0.29, 0.717) is 13.2 Å². The summed E-state index contributed by atoms with van der Waals surface area (Å²) in [5.74, 6) is 0. The monoisotopic (exact) mass is 273 g/mol. The predicted molar refractivity (Wildman–Crippen MR) is 51.1 cm³/mol. The van der Waals surface area contributed by atoms with Gasteiger partial charge in [0.2, 0.25) is 10.0 Å². The van der Waals surface area contributed by atoms with Gasteiger partial charge in [-0.15, -0.1) is 0 Å². The first-order valence-corrected chi connectivity index (χ1v) is 6.59. The molecule has 0 saturated carbocycles. The Morgan fingerprint density at radius 2 is 2.31 bits per heavy atom. The number of aliphatic hydroxyl groups is 1. The molecule has 1 unspecified atom stereocenters. The number of nitrogens with zero attached hydrogens (tertiary/aromatic N) is 1. The molecule has 0 radical (unpaired) electrons. The average Bonchev–Trinajstić information content (AvgIpc) is 2.18. The van der Waals surface area contributed by atoms with Gasteiger partial charge in [0.05, 0.1) is 25.9 Å². The molecule has 7 heteroatoms. The number of rotatable bonds is 3. The first-order chi connectivity index (χ1) is 6.11. The van der Waals surface area contributed by atoms with Crippen LogP contribution in [0.5, 0.6) is 0 Å². The molecule has 13 heavy (non-hydrogen) atoms. The van der Waals surface area contributed by atoms with Crippen LogP contribution in [0.2, 0.25) is 0 Å². The van der Waals surface area contributed by atoms with E-state index in [9.17, 15) is 8.42 Å². The zero-order chi connectivity index (χ0) is 9.90. The van der Waals surface area contributed by atoms with Crippen molar-refractivity contribution >= 4 is 26.0 Å². The summed E-state index contributed by atoms with van der Waals surface area (Å²) in [6.45, 7) is 0.775. The lowest BCUT2D eigenvalue weighted by Gasteiger charge is -2.32. The number of halogens is 1. The lowest BCUT2D eigenvalue weighted by molar-refractivity contribution is 0.0111. The summed E-state index contributed by atoms with van der Waals surface area (Å²) in [6, 6.07) is -0.434. The van der Waals surface area contributed by atoms with Crippen LogP contribution in [0.15, 0.2) is 0 Å². The fraction of sp³-hybridized carbons (Fsp3) is 1.00. The van der Waals surface area contributed by atoms with Crippen LogP contribution in [-0.4, -0.2) is 54.9 Å². The maximum atomic E-state index is 11.4. The highest BCUT2D eigenvalue weighted by Gasteiger charge is 2.31. The molecule has 0 bridgehead atoms. The van der Waals surface area contributed by atoms with Crippen molar-refractivity contribution in [3.05, 3.63) is 0 Å². The predicted octanol–water partition coefficient (Wildman–Crippen LogP) is -0.638. The summed E-state index contributed by atoms with van der Waals surface area (Å²) < 4.78 is 29.1. The van der Waals surface area contributed by atoms with E-state index in [2.05, 4.69) is 15.9 Å². The molecule has 1 atom stereocenters. The Kier molecular flexibility index (Phi) is 4.11. The summed E-state index contributed by atoms with van der Waals surface area (Å²) in [6.07, 6.45) is 0. The fourth-order valence-corrected chi connectivity index (χ4v) is 3.06. The van der Waals surface area contributed by atoms with Gasteiger partial charge in [0, 0.05) is 6.54 Å². The highest BCUT2D eigenvalue weighted by molar-refractivity contribution is 9.10. The molecule has 1 heterocycles. The van der Waals surface area contributed by atoms with Crippen LogP contribution in [0.4, 0.5) is 0 Å². The smallest absolute Gasteiger partial charge is 0.224 e. The van der Waals surface area contributed by atoms with Crippen LogP contribution in [0.25, 0.3) is 0 Å². The van der Waals surface area contributed by atoms with Gasteiger partial charge < -0.3 is 9.84 Å². The normalized spacial score (nSPS) is 26.2. The topological polar surface area (TPSA) is 66.8 Å². The van der Waals surface area contributed by atoms with Gasteiger partial charge in [0.25, 0.3) is 0 Å². The molecule has 1 saturated heterocycles. The Bertz CT molecular complexity index is 255. The van der Waals surface area contributed by atoms with Crippen LogP contribution in [0.1, 0.15) is 0 Å². The minimum atomic E-state index is -3.27. The zero-order valence-electron chi connectivity index (χ0n) is 7.02. The Balaban J connectivity index is 2.75. The Labute approximate surface area is 85.9 Å². The number of ether oxygens (including phenoxy) is 1. The molecule has 0 aromatic rings. The fourth-order valence-electron chi connectivity index (χ4n) is 1.21. The first kappa shape index (κ1) is 11.4. The molecule has 1 N–H and O–H groups in total. The van der Waals surface area contributed by atoms with Crippen LogP contribution in [0.3, 0.4) is 0 Å². The van der Waals surface area contributed by atoms with E-state index >= 15 is 0 Å². The van der Waals surface area contributed by atoms with Crippen LogP contribution in [0, 0.1) is 0 Å². The molecule has 1 aliphatic heterocycles. The molecule has 78 valence electrons. The van der Waals surface area contributed by atoms with Crippen molar-refractivity contribution in [1.82, 2.24) is 4.31 Å². The maximum absolute atomic E-state index is 11.4. The molecule has 5 nitrogen and oxygen atoms in total. The third-order valence-electron chi connectivity index (χ3n) is 1.88. The van der Waals surface area contributed by atoms with E-state index < -0.39 is 16.1 Å². The molecular formula is C6H12BrNO4S. The molecule has 0 aromatic carbocycles. The number of alkyl halides is 1. The number of aliphatic hydroxyl groups excluding tert-OH is 1. The highest BCUT2D eigenvalue weighted by atomic mass is 79.9. The molecule has 1 aliphatic rings. The van der Waals surface area contributed by atoms with E-state index in [4.69, 9.17) is 9.84 Å². The molecular weight excluding hydrogens is 262 g/mol. The van der Waals surface area contributed by atoms with Crippen molar-refractivity contribution < 1.29 is 18.3 Å². The van der Waals surface area contributed by atoms with Gasteiger partial charge in [0.15, 0.2) is 0 Å². The van der Waals surface area contributed by atoms with Crippen LogP contribution >= 0.6 is 15.9 Å². The van der Waals surface area contributed by atoms with Crippen molar-refractivity contribution in [1.29, 1.82) is 0 Å². The van der Waals surface area contributed by atoms with Gasteiger partial charge in [-0.1, -0.05) is 15.9 Å². The Morgan fingerprint density at radius 3 is 2.85 bits per heavy atom. The second kappa shape index (κ2) is 4.70. The SMILES string of the molecule is O=S(=O)(CBr)N1CCOCC1CO. The van der Waals surface area contributed by atoms with Gasteiger partial charge in [0.1, 0.15) is 4.66 Å². The summed E-state index contributed by atoms with van der Waals surface area (Å²) in [5.41, 5.74) is 0. The minimum Gasteiger partial charge on any atom is -0.395 e. The van der Waals surface area contributed by atoms with Crippen LogP contribution < -0.4 is 0 Å². The number of hydrogen-bond donors (Lipinski definition) is 1. The zero-order valence-corrected chi connectivity index (χ0v) is 9.42. The molecule has 0 spiro atoms. The summed E-state index contributed by atoms with van der Waals surface area (Å²) >= 11 is 2.91. The second-order valence-electron chi connectivity index (χ2n) is 2.74. The summed E-state index contributed by atoms with van der Waals surface area (Å²) in [7, 11) is -3.27. The lowest BCUT2D eigenvalue weighted by atomic mass is 10.3. The average molecular weight is 274 g/mol. The highest BCUT2D eigenvalue weighted by Crippen LogP contribution is 2.13. The number of morpholine rings is 1. The van der Waals surface area contributed by atoms with Crippen molar-refractivity contribution in [2.75, 3.05) is 31.0 Å². The third-order valence-corrected chi connectivity index (χ3v) is 5.09. The second-order valence-corrected chi connectivity index (χ2v) is 5.97. The molecule has 0 aromatic heterocycles. The minimum absolute atomic E-state index is 0.115. The van der Waals surface area contributed by atoms with Gasteiger partial charge in [-0.3, -0.25) is 0 Å². The Hall–Kier alpha value is 0.310. The van der Waals surface area contributed by atoms with Gasteiger partial charge in [-0.05, 0) is 0 Å².